The van der Waals surface area contributed by atoms with Crippen molar-refractivity contribution >= 4 is 33.4 Å². The Morgan fingerprint density at radius 2 is 2.04 bits per heavy atom. The third-order valence-corrected chi connectivity index (χ3v) is 6.66. The Morgan fingerprint density at radius 3 is 2.67 bits per heavy atom. The van der Waals surface area contributed by atoms with Gasteiger partial charge in [0.1, 0.15) is 10.9 Å². The Labute approximate surface area is 163 Å². The van der Waals surface area contributed by atoms with Crippen LogP contribution in [0.2, 0.25) is 0 Å². The standard InChI is InChI=1S/C19H29N5O2S/c1-11-14-9-16(27-19(14)24(3)23-11)18(26)21-12(2)17(25)22-15(10-20)13-7-5-4-6-8-13/h9,12-13,15H,4-8,10,20H2,1-3H3,(H,21,26)(H,22,25). The molecule has 7 nitrogen and oxygen atoms in total. The van der Waals surface area contributed by atoms with Gasteiger partial charge in [0.25, 0.3) is 5.91 Å². The van der Waals surface area contributed by atoms with Gasteiger partial charge in [-0.15, -0.1) is 11.3 Å². The van der Waals surface area contributed by atoms with Gasteiger partial charge in [-0.25, -0.2) is 0 Å². The highest BCUT2D eigenvalue weighted by Crippen LogP contribution is 2.28. The second kappa shape index (κ2) is 8.39. The van der Waals surface area contributed by atoms with Crippen LogP contribution in [0.4, 0.5) is 0 Å². The van der Waals surface area contributed by atoms with Gasteiger partial charge < -0.3 is 16.4 Å². The van der Waals surface area contributed by atoms with Crippen molar-refractivity contribution < 1.29 is 9.59 Å². The molecule has 148 valence electrons. The average molecular weight is 392 g/mol. The van der Waals surface area contributed by atoms with Crippen molar-refractivity contribution in [1.29, 1.82) is 0 Å². The molecule has 1 fully saturated rings. The predicted molar refractivity (Wildman–Crippen MR) is 108 cm³/mol. The summed E-state index contributed by atoms with van der Waals surface area (Å²) in [5.74, 6) is 0.0252. The van der Waals surface area contributed by atoms with Gasteiger partial charge in [-0.2, -0.15) is 5.10 Å². The van der Waals surface area contributed by atoms with Gasteiger partial charge in [-0.3, -0.25) is 14.3 Å². The lowest BCUT2D eigenvalue weighted by Crippen LogP contribution is -2.52. The molecule has 0 aromatic carbocycles. The van der Waals surface area contributed by atoms with E-state index in [4.69, 9.17) is 5.73 Å². The number of carbonyl (C=O) groups is 2. The number of hydrogen-bond donors (Lipinski definition) is 3. The summed E-state index contributed by atoms with van der Waals surface area (Å²) in [5.41, 5.74) is 6.79. The van der Waals surface area contributed by atoms with E-state index in [2.05, 4.69) is 15.7 Å². The summed E-state index contributed by atoms with van der Waals surface area (Å²) >= 11 is 1.38. The second-order valence-corrected chi connectivity index (χ2v) is 8.51. The Bertz CT molecular complexity index is 787. The van der Waals surface area contributed by atoms with Gasteiger partial charge in [0.15, 0.2) is 0 Å². The van der Waals surface area contributed by atoms with Gasteiger partial charge in [0.2, 0.25) is 5.91 Å². The van der Waals surface area contributed by atoms with E-state index in [1.807, 2.05) is 20.0 Å². The van der Waals surface area contributed by atoms with Crippen molar-refractivity contribution in [3.63, 3.8) is 0 Å². The maximum absolute atomic E-state index is 12.6. The molecular formula is C19H29N5O2S. The summed E-state index contributed by atoms with van der Waals surface area (Å²) in [5, 5.41) is 11.2. The van der Waals surface area contributed by atoms with E-state index in [1.165, 1.54) is 30.6 Å². The van der Waals surface area contributed by atoms with Crippen LogP contribution in [0.15, 0.2) is 6.07 Å². The molecule has 8 heteroatoms. The van der Waals surface area contributed by atoms with Crippen molar-refractivity contribution in [3.05, 3.63) is 16.6 Å². The largest absolute Gasteiger partial charge is 0.350 e. The number of nitrogens with one attached hydrogen (secondary N) is 2. The summed E-state index contributed by atoms with van der Waals surface area (Å²) in [6.45, 7) is 4.06. The maximum Gasteiger partial charge on any atom is 0.262 e. The summed E-state index contributed by atoms with van der Waals surface area (Å²) in [4.78, 5) is 26.7. The number of rotatable bonds is 6. The highest BCUT2D eigenvalue weighted by molar-refractivity contribution is 7.20. The van der Waals surface area contributed by atoms with Gasteiger partial charge in [-0.05, 0) is 38.7 Å². The van der Waals surface area contributed by atoms with E-state index in [0.29, 0.717) is 17.3 Å². The van der Waals surface area contributed by atoms with Crippen molar-refractivity contribution in [2.24, 2.45) is 18.7 Å². The molecule has 0 saturated heterocycles. The number of aromatic nitrogens is 2. The zero-order chi connectivity index (χ0) is 19.6. The zero-order valence-corrected chi connectivity index (χ0v) is 17.1. The summed E-state index contributed by atoms with van der Waals surface area (Å²) in [7, 11) is 1.86. The minimum Gasteiger partial charge on any atom is -0.350 e. The van der Waals surface area contributed by atoms with Crippen LogP contribution in [-0.2, 0) is 11.8 Å². The lowest BCUT2D eigenvalue weighted by molar-refractivity contribution is -0.123. The first-order valence-electron chi connectivity index (χ1n) is 9.65. The van der Waals surface area contributed by atoms with Crippen molar-refractivity contribution in [3.8, 4) is 0 Å². The molecule has 3 rings (SSSR count). The molecule has 2 amide bonds. The fourth-order valence-corrected chi connectivity index (χ4v) is 4.89. The van der Waals surface area contributed by atoms with Crippen LogP contribution in [-0.4, -0.2) is 40.2 Å². The van der Waals surface area contributed by atoms with Gasteiger partial charge >= 0.3 is 0 Å². The minimum atomic E-state index is -0.612. The first-order chi connectivity index (χ1) is 12.9. The first kappa shape index (κ1) is 19.8. The summed E-state index contributed by atoms with van der Waals surface area (Å²) in [6, 6.07) is 1.21. The maximum atomic E-state index is 12.6. The Hall–Kier alpha value is -1.93. The molecule has 27 heavy (non-hydrogen) atoms. The highest BCUT2D eigenvalue weighted by atomic mass is 32.1. The molecule has 4 N–H and O–H groups in total. The Morgan fingerprint density at radius 1 is 1.33 bits per heavy atom. The molecule has 2 atom stereocenters. The van der Waals surface area contributed by atoms with Crippen LogP contribution in [0, 0.1) is 12.8 Å². The molecule has 0 radical (unpaired) electrons. The van der Waals surface area contributed by atoms with E-state index in [1.54, 1.807) is 11.6 Å². The fraction of sp³-hybridized carbons (Fsp3) is 0.632. The Balaban J connectivity index is 1.60. The number of carbonyl (C=O) groups excluding carboxylic acids is 2. The van der Waals surface area contributed by atoms with Crippen molar-refractivity contribution in [1.82, 2.24) is 20.4 Å². The smallest absolute Gasteiger partial charge is 0.262 e. The molecule has 1 aliphatic rings. The topological polar surface area (TPSA) is 102 Å². The fourth-order valence-electron chi connectivity index (χ4n) is 3.86. The third kappa shape index (κ3) is 4.32. The van der Waals surface area contributed by atoms with Crippen LogP contribution < -0.4 is 16.4 Å². The van der Waals surface area contributed by atoms with Crippen LogP contribution in [0.5, 0.6) is 0 Å². The monoisotopic (exact) mass is 391 g/mol. The lowest BCUT2D eigenvalue weighted by atomic mass is 9.84. The van der Waals surface area contributed by atoms with E-state index < -0.39 is 6.04 Å². The molecule has 1 aliphatic carbocycles. The molecule has 2 heterocycles. The molecule has 0 spiro atoms. The van der Waals surface area contributed by atoms with E-state index >= 15 is 0 Å². The molecule has 1 saturated carbocycles. The average Bonchev–Trinajstić information content (AvgIpc) is 3.22. The van der Waals surface area contributed by atoms with E-state index in [9.17, 15) is 9.59 Å². The first-order valence-corrected chi connectivity index (χ1v) is 10.5. The van der Waals surface area contributed by atoms with Crippen LogP contribution in [0.25, 0.3) is 10.2 Å². The van der Waals surface area contributed by atoms with Crippen molar-refractivity contribution in [2.45, 2.75) is 58.0 Å². The van der Waals surface area contributed by atoms with Crippen LogP contribution in [0.1, 0.15) is 54.4 Å². The molecular weight excluding hydrogens is 362 g/mol. The normalized spacial score (nSPS) is 17.6. The highest BCUT2D eigenvalue weighted by Gasteiger charge is 2.26. The number of aryl methyl sites for hydroxylation is 2. The lowest BCUT2D eigenvalue weighted by Gasteiger charge is -2.31. The number of fused-ring (bicyclic) bond motifs is 1. The number of nitrogens with two attached hydrogens (primary N) is 1. The van der Waals surface area contributed by atoms with Crippen LogP contribution >= 0.6 is 11.3 Å². The predicted octanol–water partition coefficient (Wildman–Crippen LogP) is 2.09. The number of nitrogens with zero attached hydrogens (tertiary/aromatic N) is 2. The summed E-state index contributed by atoms with van der Waals surface area (Å²) in [6.07, 6.45) is 5.88. The van der Waals surface area contributed by atoms with Gasteiger partial charge in [-0.1, -0.05) is 19.3 Å². The second-order valence-electron chi connectivity index (χ2n) is 7.48. The molecule has 2 aromatic rings. The quantitative estimate of drug-likeness (QED) is 0.701. The Kier molecular flexibility index (Phi) is 6.16. The molecule has 2 unspecified atom stereocenters. The number of hydrogen-bond acceptors (Lipinski definition) is 5. The van der Waals surface area contributed by atoms with Crippen molar-refractivity contribution in [2.75, 3.05) is 6.54 Å². The number of amides is 2. The van der Waals surface area contributed by atoms with Gasteiger partial charge in [0, 0.05) is 25.0 Å². The molecule has 0 aliphatic heterocycles. The SMILES string of the molecule is Cc1nn(C)c2sc(C(=O)NC(C)C(=O)NC(CN)C3CCCCC3)cc12. The van der Waals surface area contributed by atoms with Gasteiger partial charge in [0.05, 0.1) is 10.6 Å². The summed E-state index contributed by atoms with van der Waals surface area (Å²) < 4.78 is 1.78. The minimum absolute atomic E-state index is 0.0183. The third-order valence-electron chi connectivity index (χ3n) is 5.46. The van der Waals surface area contributed by atoms with E-state index in [0.717, 1.165) is 28.8 Å². The molecule has 2 aromatic heterocycles. The number of thiophene rings is 1. The van der Waals surface area contributed by atoms with Crippen LogP contribution in [0.3, 0.4) is 0 Å². The zero-order valence-electron chi connectivity index (χ0n) is 16.2. The van der Waals surface area contributed by atoms with E-state index in [-0.39, 0.29) is 17.9 Å². The molecule has 0 bridgehead atoms.